The van der Waals surface area contributed by atoms with Gasteiger partial charge in [-0.1, -0.05) is 6.07 Å². The lowest BCUT2D eigenvalue weighted by Gasteiger charge is -2.06. The van der Waals surface area contributed by atoms with Gasteiger partial charge in [-0.25, -0.2) is 4.18 Å². The van der Waals surface area contributed by atoms with E-state index in [0.29, 0.717) is 44.1 Å². The Morgan fingerprint density at radius 1 is 0.591 bits per heavy atom. The minimum absolute atomic E-state index is 0.0963. The van der Waals surface area contributed by atoms with Gasteiger partial charge in [0.25, 0.3) is 20.2 Å². The maximum atomic E-state index is 11.0. The first-order valence-corrected chi connectivity index (χ1v) is 17.0. The van der Waals surface area contributed by atoms with E-state index in [2.05, 4.69) is 4.18 Å². The molecule has 4 aromatic rings. The number of benzene rings is 4. The Kier molecular flexibility index (Phi) is 12.0. The molecule has 0 radical (unpaired) electrons. The fourth-order valence-electron chi connectivity index (χ4n) is 3.25. The van der Waals surface area contributed by atoms with E-state index < -0.39 is 35.5 Å². The second kappa shape index (κ2) is 14.6. The fourth-order valence-corrected chi connectivity index (χ4v) is 5.64. The summed E-state index contributed by atoms with van der Waals surface area (Å²) in [5.74, 6) is 0.147. The van der Waals surface area contributed by atoms with Gasteiger partial charge in [-0.05, 0) is 60.7 Å². The van der Waals surface area contributed by atoms with Gasteiger partial charge < -0.3 is 34.4 Å². The largest absolute Gasteiger partial charge is 0.399 e. The number of anilines is 6. The van der Waals surface area contributed by atoms with Crippen LogP contribution in [0.2, 0.25) is 0 Å². The minimum Gasteiger partial charge on any atom is -0.399 e. The summed E-state index contributed by atoms with van der Waals surface area (Å²) in [4.78, 5) is -0.175. The van der Waals surface area contributed by atoms with Crippen LogP contribution in [-0.2, 0) is 34.8 Å². The molecule has 240 valence electrons. The van der Waals surface area contributed by atoms with Crippen molar-refractivity contribution < 1.29 is 43.1 Å². The molecule has 0 unspecified atom stereocenters. The molecule has 0 heterocycles. The van der Waals surface area contributed by atoms with Gasteiger partial charge in [-0.2, -0.15) is 25.3 Å². The SMILES string of the molecule is Nc1ccc(N)c(N)c1.Nc1ccc(N)c2cc(S(=O)(=O)O)ccc12.Nc1ccc(SCCOS(=O)(=O)O)cc1S(=O)(=O)O. The topological polar surface area (TPSA) is 328 Å². The van der Waals surface area contributed by atoms with Crippen LogP contribution in [0.25, 0.3) is 10.8 Å². The first-order chi connectivity index (χ1) is 20.2. The van der Waals surface area contributed by atoms with E-state index in [0.717, 1.165) is 17.8 Å². The third kappa shape index (κ3) is 11.2. The van der Waals surface area contributed by atoms with Crippen LogP contribution in [-0.4, -0.2) is 51.3 Å². The molecule has 15 N–H and O–H groups in total. The number of hydrogen-bond acceptors (Lipinski definition) is 14. The van der Waals surface area contributed by atoms with Gasteiger partial charge in [-0.15, -0.1) is 11.8 Å². The number of nitrogens with two attached hydrogens (primary N) is 6. The Hall–Kier alpha value is -4.02. The van der Waals surface area contributed by atoms with Crippen molar-refractivity contribution in [2.45, 2.75) is 14.7 Å². The quantitative estimate of drug-likeness (QED) is 0.0580. The molecule has 0 aromatic heterocycles. The molecule has 0 saturated heterocycles. The molecule has 0 aliphatic carbocycles. The van der Waals surface area contributed by atoms with E-state index in [1.54, 1.807) is 30.3 Å². The van der Waals surface area contributed by atoms with E-state index in [-0.39, 0.29) is 22.9 Å². The summed E-state index contributed by atoms with van der Waals surface area (Å²) in [7, 11) is -13.1. The summed E-state index contributed by atoms with van der Waals surface area (Å²) in [6, 6.07) is 16.3. The van der Waals surface area contributed by atoms with Crippen LogP contribution in [0.3, 0.4) is 0 Å². The molecule has 0 aliphatic heterocycles. The third-order valence-electron chi connectivity index (χ3n) is 5.31. The maximum absolute atomic E-state index is 11.0. The van der Waals surface area contributed by atoms with Gasteiger partial charge in [-0.3, -0.25) is 13.7 Å². The Morgan fingerprint density at radius 2 is 1.16 bits per heavy atom. The monoisotopic (exact) mass is 690 g/mol. The zero-order valence-corrected chi connectivity index (χ0v) is 25.8. The van der Waals surface area contributed by atoms with Gasteiger partial charge in [0, 0.05) is 38.5 Å². The van der Waals surface area contributed by atoms with Crippen LogP contribution in [0.4, 0.5) is 34.1 Å². The van der Waals surface area contributed by atoms with E-state index in [1.165, 1.54) is 30.3 Å². The van der Waals surface area contributed by atoms with Gasteiger partial charge >= 0.3 is 10.4 Å². The number of fused-ring (bicyclic) bond motifs is 1. The Morgan fingerprint density at radius 3 is 1.68 bits per heavy atom. The number of nitrogen functional groups attached to an aromatic ring is 6. The highest BCUT2D eigenvalue weighted by atomic mass is 32.3. The van der Waals surface area contributed by atoms with Crippen LogP contribution in [0, 0.1) is 0 Å². The number of thioether (sulfide) groups is 1. The summed E-state index contributed by atoms with van der Waals surface area (Å²) < 4.78 is 94.7. The highest BCUT2D eigenvalue weighted by Crippen LogP contribution is 2.29. The molecule has 0 atom stereocenters. The van der Waals surface area contributed by atoms with E-state index in [4.69, 9.17) is 48.1 Å². The lowest BCUT2D eigenvalue weighted by Crippen LogP contribution is -2.06. The van der Waals surface area contributed by atoms with Gasteiger partial charge in [0.15, 0.2) is 0 Å². The molecule has 0 bridgehead atoms. The van der Waals surface area contributed by atoms with Crippen molar-refractivity contribution in [2.75, 3.05) is 46.8 Å². The van der Waals surface area contributed by atoms with E-state index >= 15 is 0 Å². The van der Waals surface area contributed by atoms with Crippen LogP contribution in [0.5, 0.6) is 0 Å². The molecule has 20 heteroatoms. The van der Waals surface area contributed by atoms with Gasteiger partial charge in [0.2, 0.25) is 0 Å². The second-order valence-corrected chi connectivity index (χ2v) is 13.7. The summed E-state index contributed by atoms with van der Waals surface area (Å²) >= 11 is 1.07. The average Bonchev–Trinajstić information content (AvgIpc) is 2.91. The Balaban J connectivity index is 0.000000244. The molecule has 0 amide bonds. The van der Waals surface area contributed by atoms with E-state index in [9.17, 15) is 25.3 Å². The van der Waals surface area contributed by atoms with E-state index in [1.807, 2.05) is 0 Å². The van der Waals surface area contributed by atoms with Gasteiger partial charge in [0.1, 0.15) is 4.90 Å². The summed E-state index contributed by atoms with van der Waals surface area (Å²) in [5, 5.41) is 1.17. The molecule has 0 aliphatic rings. The molecule has 4 aromatic carbocycles. The fraction of sp³-hybridized carbons (Fsp3) is 0.0833. The maximum Gasteiger partial charge on any atom is 0.397 e. The highest BCUT2D eigenvalue weighted by molar-refractivity contribution is 7.99. The van der Waals surface area contributed by atoms with Crippen LogP contribution >= 0.6 is 11.8 Å². The van der Waals surface area contributed by atoms with Crippen molar-refractivity contribution in [1.82, 2.24) is 0 Å². The molecule has 0 saturated carbocycles. The summed E-state index contributed by atoms with van der Waals surface area (Å²) in [6.07, 6.45) is 0. The first kappa shape index (κ1) is 36.2. The molecular weight excluding hydrogens is 661 g/mol. The van der Waals surface area contributed by atoms with Crippen molar-refractivity contribution in [3.8, 4) is 0 Å². The van der Waals surface area contributed by atoms with Crippen molar-refractivity contribution in [3.05, 3.63) is 66.7 Å². The molecular formula is C24H30N6O10S4. The lowest BCUT2D eigenvalue weighted by molar-refractivity contribution is 0.285. The van der Waals surface area contributed by atoms with Crippen LogP contribution in [0.1, 0.15) is 0 Å². The predicted molar refractivity (Wildman–Crippen MR) is 171 cm³/mol. The summed E-state index contributed by atoms with van der Waals surface area (Å²) in [5.41, 5.74) is 35.6. The molecule has 44 heavy (non-hydrogen) atoms. The molecule has 0 fully saturated rings. The summed E-state index contributed by atoms with van der Waals surface area (Å²) in [6.45, 7) is -0.283. The van der Waals surface area contributed by atoms with Crippen molar-refractivity contribution in [2.24, 2.45) is 0 Å². The van der Waals surface area contributed by atoms with Crippen LogP contribution < -0.4 is 34.4 Å². The average molecular weight is 691 g/mol. The standard InChI is InChI=1S/C10H10N2O3S.C8H11NO7S3.C6H9N3/c11-9-3-4-10(12)8-5-6(16(13,14)15)1-2-7(8)9;9-7-2-1-6(5-8(7)18(10,11)12)17-4-3-16-19(13,14)15;7-4-1-2-5(8)6(9)3-4/h1-5H,11-12H2,(H,13,14,15);1-2,5H,3-4,9H2,(H,10,11,12)(H,13,14,15);1-3H,7-9H2. The normalized spacial score (nSPS) is 11.6. The number of hydrogen-bond donors (Lipinski definition) is 9. The Bertz CT molecular complexity index is 1970. The molecule has 16 nitrogen and oxygen atoms in total. The first-order valence-electron chi connectivity index (χ1n) is 11.8. The molecule has 0 spiro atoms. The van der Waals surface area contributed by atoms with Crippen molar-refractivity contribution in [3.63, 3.8) is 0 Å². The highest BCUT2D eigenvalue weighted by Gasteiger charge is 2.15. The predicted octanol–water partition coefficient (Wildman–Crippen LogP) is 2.11. The minimum atomic E-state index is -4.49. The van der Waals surface area contributed by atoms with Crippen LogP contribution in [0.15, 0.2) is 81.4 Å². The Labute approximate surface area is 257 Å². The smallest absolute Gasteiger partial charge is 0.397 e. The van der Waals surface area contributed by atoms with Gasteiger partial charge in [0.05, 0.1) is 28.6 Å². The van der Waals surface area contributed by atoms with Crippen molar-refractivity contribution in [1.29, 1.82) is 0 Å². The third-order valence-corrected chi connectivity index (χ3v) is 8.49. The zero-order chi connectivity index (χ0) is 33.5. The lowest BCUT2D eigenvalue weighted by atomic mass is 10.1. The zero-order valence-electron chi connectivity index (χ0n) is 22.6. The second-order valence-electron chi connectivity index (χ2n) is 8.59. The molecule has 4 rings (SSSR count). The number of rotatable bonds is 7. The van der Waals surface area contributed by atoms with Crippen molar-refractivity contribution >= 4 is 87.3 Å².